The van der Waals surface area contributed by atoms with Crippen molar-refractivity contribution in [1.82, 2.24) is 13.8 Å². The van der Waals surface area contributed by atoms with Crippen LogP contribution in [0.4, 0.5) is 0 Å². The van der Waals surface area contributed by atoms with E-state index in [-0.39, 0.29) is 0 Å². The smallest absolute Gasteiger partial charge is 0.243 e. The molecule has 1 aliphatic heterocycles. The van der Waals surface area contributed by atoms with Gasteiger partial charge in [0.05, 0.1) is 4.90 Å². The molecule has 0 spiro atoms. The van der Waals surface area contributed by atoms with Gasteiger partial charge in [-0.3, -0.25) is 4.90 Å². The van der Waals surface area contributed by atoms with Crippen molar-refractivity contribution in [2.24, 2.45) is 0 Å². The molecule has 6 heteroatoms. The first kappa shape index (κ1) is 18.2. The Morgan fingerprint density at radius 2 is 1.36 bits per heavy atom. The summed E-state index contributed by atoms with van der Waals surface area (Å²) in [5, 5.41) is 0. The molecule has 25 heavy (non-hydrogen) atoms. The zero-order chi connectivity index (χ0) is 18.0. The van der Waals surface area contributed by atoms with Crippen LogP contribution in [0.1, 0.15) is 17.0 Å². The molecule has 0 amide bonds. The standard InChI is InChI=1S/C19H27N3O2S/c1-16-4-8-19(9-5-16)25(23,24)21-13-10-20(11-14-21)12-15-22-17(2)6-7-18(22)3/h4-9H,10-15H2,1-3H3. The molecule has 1 saturated heterocycles. The Balaban J connectivity index is 1.57. The fraction of sp³-hybridized carbons (Fsp3) is 0.474. The summed E-state index contributed by atoms with van der Waals surface area (Å²) in [5.41, 5.74) is 3.62. The van der Waals surface area contributed by atoms with Crippen LogP contribution in [0.2, 0.25) is 0 Å². The maximum absolute atomic E-state index is 12.7. The minimum Gasteiger partial charge on any atom is -0.348 e. The van der Waals surface area contributed by atoms with Crippen LogP contribution in [-0.4, -0.2) is 54.9 Å². The van der Waals surface area contributed by atoms with Crippen molar-refractivity contribution in [2.45, 2.75) is 32.2 Å². The summed E-state index contributed by atoms with van der Waals surface area (Å²) in [6.07, 6.45) is 0. The summed E-state index contributed by atoms with van der Waals surface area (Å²) in [4.78, 5) is 2.74. The number of hydrogen-bond donors (Lipinski definition) is 0. The van der Waals surface area contributed by atoms with E-state index in [1.807, 2.05) is 19.1 Å². The van der Waals surface area contributed by atoms with E-state index in [1.165, 1.54) is 11.4 Å². The normalized spacial score (nSPS) is 17.1. The molecule has 0 unspecified atom stereocenters. The average Bonchev–Trinajstić information content (AvgIpc) is 2.92. The van der Waals surface area contributed by atoms with E-state index >= 15 is 0 Å². The van der Waals surface area contributed by atoms with Gasteiger partial charge >= 0.3 is 0 Å². The first-order chi connectivity index (χ1) is 11.9. The van der Waals surface area contributed by atoms with E-state index in [0.717, 1.165) is 31.7 Å². The van der Waals surface area contributed by atoms with E-state index in [9.17, 15) is 8.42 Å². The van der Waals surface area contributed by atoms with Gasteiger partial charge in [-0.25, -0.2) is 8.42 Å². The monoisotopic (exact) mass is 361 g/mol. The van der Waals surface area contributed by atoms with Gasteiger partial charge in [-0.05, 0) is 45.0 Å². The highest BCUT2D eigenvalue weighted by atomic mass is 32.2. The quantitative estimate of drug-likeness (QED) is 0.822. The molecule has 1 aromatic carbocycles. The minimum atomic E-state index is -3.37. The summed E-state index contributed by atoms with van der Waals surface area (Å²) in [7, 11) is -3.37. The van der Waals surface area contributed by atoms with Gasteiger partial charge in [0.15, 0.2) is 0 Å². The number of benzene rings is 1. The van der Waals surface area contributed by atoms with Gasteiger partial charge in [0, 0.05) is 50.7 Å². The molecule has 0 radical (unpaired) electrons. The highest BCUT2D eigenvalue weighted by molar-refractivity contribution is 7.89. The average molecular weight is 362 g/mol. The van der Waals surface area contributed by atoms with Crippen LogP contribution >= 0.6 is 0 Å². The first-order valence-electron chi connectivity index (χ1n) is 8.80. The van der Waals surface area contributed by atoms with Crippen LogP contribution < -0.4 is 0 Å². The van der Waals surface area contributed by atoms with Gasteiger partial charge in [-0.1, -0.05) is 17.7 Å². The van der Waals surface area contributed by atoms with Gasteiger partial charge in [0.1, 0.15) is 0 Å². The van der Waals surface area contributed by atoms with Crippen LogP contribution in [0, 0.1) is 20.8 Å². The fourth-order valence-corrected chi connectivity index (χ4v) is 4.77. The molecule has 0 aliphatic carbocycles. The Labute approximate surface area is 150 Å². The molecule has 0 atom stereocenters. The molecule has 136 valence electrons. The minimum absolute atomic E-state index is 0.394. The molecular formula is C19H27N3O2S. The molecule has 5 nitrogen and oxygen atoms in total. The summed E-state index contributed by atoms with van der Waals surface area (Å²) in [6, 6.07) is 11.4. The molecule has 1 aliphatic rings. The van der Waals surface area contributed by atoms with Crippen molar-refractivity contribution in [3.05, 3.63) is 53.3 Å². The first-order valence-corrected chi connectivity index (χ1v) is 10.2. The molecule has 2 heterocycles. The predicted molar refractivity (Wildman–Crippen MR) is 100 cm³/mol. The van der Waals surface area contributed by atoms with Crippen molar-refractivity contribution in [2.75, 3.05) is 32.7 Å². The van der Waals surface area contributed by atoms with Crippen LogP contribution in [-0.2, 0) is 16.6 Å². The predicted octanol–water partition coefficient (Wildman–Crippen LogP) is 2.42. The molecular weight excluding hydrogens is 334 g/mol. The zero-order valence-electron chi connectivity index (χ0n) is 15.3. The van der Waals surface area contributed by atoms with E-state index in [2.05, 4.69) is 35.4 Å². The van der Waals surface area contributed by atoms with Crippen LogP contribution in [0.3, 0.4) is 0 Å². The highest BCUT2D eigenvalue weighted by Crippen LogP contribution is 2.18. The van der Waals surface area contributed by atoms with Crippen molar-refractivity contribution < 1.29 is 8.42 Å². The maximum atomic E-state index is 12.7. The van der Waals surface area contributed by atoms with E-state index < -0.39 is 10.0 Å². The molecule has 0 saturated carbocycles. The Bertz CT molecular complexity index is 797. The van der Waals surface area contributed by atoms with Crippen LogP contribution in [0.15, 0.2) is 41.3 Å². The lowest BCUT2D eigenvalue weighted by Gasteiger charge is -2.34. The summed E-state index contributed by atoms with van der Waals surface area (Å²) >= 11 is 0. The van der Waals surface area contributed by atoms with Crippen LogP contribution in [0.25, 0.3) is 0 Å². The van der Waals surface area contributed by atoms with Crippen molar-refractivity contribution in [3.8, 4) is 0 Å². The Morgan fingerprint density at radius 1 is 0.800 bits per heavy atom. The lowest BCUT2D eigenvalue weighted by atomic mass is 10.2. The molecule has 0 N–H and O–H groups in total. The highest BCUT2D eigenvalue weighted by Gasteiger charge is 2.28. The number of piperazine rings is 1. The fourth-order valence-electron chi connectivity index (χ4n) is 3.35. The number of hydrogen-bond acceptors (Lipinski definition) is 3. The Kier molecular flexibility index (Phi) is 5.32. The lowest BCUT2D eigenvalue weighted by molar-refractivity contribution is 0.182. The number of aryl methyl sites for hydroxylation is 3. The molecule has 3 rings (SSSR count). The summed E-state index contributed by atoms with van der Waals surface area (Å²) in [6.45, 7) is 10.8. The third-order valence-electron chi connectivity index (χ3n) is 5.05. The van der Waals surface area contributed by atoms with E-state index in [1.54, 1.807) is 16.4 Å². The lowest BCUT2D eigenvalue weighted by Crippen LogP contribution is -2.49. The molecule has 2 aromatic rings. The number of aromatic nitrogens is 1. The molecule has 1 aromatic heterocycles. The second kappa shape index (κ2) is 7.32. The van der Waals surface area contributed by atoms with Gasteiger partial charge in [-0.15, -0.1) is 0 Å². The summed E-state index contributed by atoms with van der Waals surface area (Å²) in [5.74, 6) is 0. The third kappa shape index (κ3) is 3.97. The molecule has 1 fully saturated rings. The second-order valence-electron chi connectivity index (χ2n) is 6.83. The SMILES string of the molecule is Cc1ccc(S(=O)(=O)N2CCN(CCn3c(C)ccc3C)CC2)cc1. The van der Waals surface area contributed by atoms with Gasteiger partial charge in [0.2, 0.25) is 10.0 Å². The second-order valence-corrected chi connectivity index (χ2v) is 8.76. The van der Waals surface area contributed by atoms with Gasteiger partial charge in [-0.2, -0.15) is 4.31 Å². The van der Waals surface area contributed by atoms with Crippen LogP contribution in [0.5, 0.6) is 0 Å². The number of nitrogens with zero attached hydrogens (tertiary/aromatic N) is 3. The van der Waals surface area contributed by atoms with E-state index in [0.29, 0.717) is 18.0 Å². The number of sulfonamides is 1. The topological polar surface area (TPSA) is 45.6 Å². The zero-order valence-corrected chi connectivity index (χ0v) is 16.1. The van der Waals surface area contributed by atoms with Crippen molar-refractivity contribution in [3.63, 3.8) is 0 Å². The third-order valence-corrected chi connectivity index (χ3v) is 6.96. The largest absolute Gasteiger partial charge is 0.348 e. The maximum Gasteiger partial charge on any atom is 0.243 e. The van der Waals surface area contributed by atoms with E-state index in [4.69, 9.17) is 0 Å². The Morgan fingerprint density at radius 3 is 1.92 bits per heavy atom. The van der Waals surface area contributed by atoms with Crippen molar-refractivity contribution in [1.29, 1.82) is 0 Å². The van der Waals surface area contributed by atoms with Crippen molar-refractivity contribution >= 4 is 10.0 Å². The van der Waals surface area contributed by atoms with Gasteiger partial charge in [0.25, 0.3) is 0 Å². The summed E-state index contributed by atoms with van der Waals surface area (Å²) < 4.78 is 29.4. The Hall–Kier alpha value is -1.63. The number of rotatable bonds is 5. The van der Waals surface area contributed by atoms with Gasteiger partial charge < -0.3 is 4.57 Å². The molecule has 0 bridgehead atoms.